The Balaban J connectivity index is 1.87. The molecule has 2 aromatic rings. The van der Waals surface area contributed by atoms with Gasteiger partial charge in [-0.3, -0.25) is 4.79 Å². The third-order valence-corrected chi connectivity index (χ3v) is 4.72. The molecule has 0 unspecified atom stereocenters. The Morgan fingerprint density at radius 3 is 2.71 bits per heavy atom. The molecular formula is C21H24ClNO5. The molecule has 0 spiro atoms. The maximum atomic E-state index is 13.1. The number of hydrogen-bond donors (Lipinski definition) is 0. The van der Waals surface area contributed by atoms with Gasteiger partial charge in [-0.15, -0.1) is 0 Å². The highest BCUT2D eigenvalue weighted by Gasteiger charge is 2.22. The molecule has 0 N–H and O–H groups in total. The fraction of sp³-hybridized carbons (Fsp3) is 0.381. The molecular weight excluding hydrogens is 382 g/mol. The van der Waals surface area contributed by atoms with Gasteiger partial charge in [0.1, 0.15) is 13.2 Å². The van der Waals surface area contributed by atoms with Crippen LogP contribution in [0.15, 0.2) is 30.3 Å². The van der Waals surface area contributed by atoms with E-state index in [0.717, 1.165) is 5.56 Å². The highest BCUT2D eigenvalue weighted by atomic mass is 35.5. The van der Waals surface area contributed by atoms with E-state index in [4.69, 9.17) is 30.5 Å². The quantitative estimate of drug-likeness (QED) is 0.691. The summed E-state index contributed by atoms with van der Waals surface area (Å²) in [5.41, 5.74) is 1.34. The van der Waals surface area contributed by atoms with E-state index in [1.807, 2.05) is 32.0 Å². The predicted molar refractivity (Wildman–Crippen MR) is 107 cm³/mol. The molecule has 1 aliphatic rings. The Hall–Kier alpha value is -2.60. The van der Waals surface area contributed by atoms with E-state index < -0.39 is 0 Å². The van der Waals surface area contributed by atoms with Gasteiger partial charge in [-0.1, -0.05) is 23.7 Å². The van der Waals surface area contributed by atoms with Gasteiger partial charge in [-0.2, -0.15) is 0 Å². The zero-order valence-corrected chi connectivity index (χ0v) is 17.0. The molecule has 1 aliphatic heterocycles. The smallest absolute Gasteiger partial charge is 0.254 e. The lowest BCUT2D eigenvalue weighted by molar-refractivity contribution is 0.0748. The molecule has 0 aliphatic carbocycles. The van der Waals surface area contributed by atoms with Gasteiger partial charge in [0.15, 0.2) is 23.0 Å². The van der Waals surface area contributed by atoms with E-state index in [2.05, 4.69) is 0 Å². The summed E-state index contributed by atoms with van der Waals surface area (Å²) in [7, 11) is 1.52. The molecule has 0 atom stereocenters. The number of methoxy groups -OCH3 is 1. The van der Waals surface area contributed by atoms with Gasteiger partial charge in [-0.25, -0.2) is 0 Å². The molecule has 1 amide bonds. The minimum absolute atomic E-state index is 0.153. The largest absolute Gasteiger partial charge is 0.493 e. The predicted octanol–water partition coefficient (Wildman–Crippen LogP) is 4.18. The van der Waals surface area contributed by atoms with E-state index in [1.54, 1.807) is 17.0 Å². The first-order valence-corrected chi connectivity index (χ1v) is 9.63. The van der Waals surface area contributed by atoms with E-state index in [0.29, 0.717) is 66.5 Å². The van der Waals surface area contributed by atoms with Crippen molar-refractivity contribution in [1.82, 2.24) is 4.90 Å². The molecule has 0 radical (unpaired) electrons. The summed E-state index contributed by atoms with van der Waals surface area (Å²) in [5, 5.41) is 0.342. The Morgan fingerprint density at radius 1 is 1.21 bits per heavy atom. The van der Waals surface area contributed by atoms with E-state index in [-0.39, 0.29) is 5.91 Å². The minimum Gasteiger partial charge on any atom is -0.493 e. The van der Waals surface area contributed by atoms with Gasteiger partial charge in [0.2, 0.25) is 0 Å². The van der Waals surface area contributed by atoms with Crippen LogP contribution in [0.3, 0.4) is 0 Å². The van der Waals surface area contributed by atoms with Crippen molar-refractivity contribution in [3.05, 3.63) is 46.5 Å². The summed E-state index contributed by atoms with van der Waals surface area (Å²) >= 11 is 6.33. The highest BCUT2D eigenvalue weighted by molar-refractivity contribution is 6.32. The van der Waals surface area contributed by atoms with E-state index in [9.17, 15) is 4.79 Å². The van der Waals surface area contributed by atoms with Gasteiger partial charge in [-0.05, 0) is 32.0 Å². The molecule has 2 aromatic carbocycles. The fourth-order valence-electron chi connectivity index (χ4n) is 3.10. The average molecular weight is 406 g/mol. The van der Waals surface area contributed by atoms with Crippen molar-refractivity contribution >= 4 is 17.5 Å². The first-order chi connectivity index (χ1) is 13.6. The number of carbonyl (C=O) groups excluding carboxylic acids is 1. The second kappa shape index (κ2) is 9.06. The number of hydrogen-bond acceptors (Lipinski definition) is 5. The lowest BCUT2D eigenvalue weighted by Gasteiger charge is -2.25. The highest BCUT2D eigenvalue weighted by Crippen LogP contribution is 2.37. The molecule has 0 aromatic heterocycles. The third kappa shape index (κ3) is 4.12. The van der Waals surface area contributed by atoms with Crippen molar-refractivity contribution in [2.45, 2.75) is 20.4 Å². The average Bonchev–Trinajstić information content (AvgIpc) is 2.72. The van der Waals surface area contributed by atoms with Gasteiger partial charge < -0.3 is 23.8 Å². The Labute approximate surface area is 169 Å². The number of rotatable bonds is 7. The van der Waals surface area contributed by atoms with Crippen molar-refractivity contribution < 1.29 is 23.7 Å². The topological polar surface area (TPSA) is 57.2 Å². The number of fused-ring (bicyclic) bond motifs is 1. The summed E-state index contributed by atoms with van der Waals surface area (Å²) < 4.78 is 22.3. The molecule has 150 valence electrons. The van der Waals surface area contributed by atoms with Gasteiger partial charge in [0.05, 0.1) is 18.7 Å². The van der Waals surface area contributed by atoms with Gasteiger partial charge in [0, 0.05) is 24.2 Å². The summed E-state index contributed by atoms with van der Waals surface area (Å²) in [6.07, 6.45) is 0. The number of para-hydroxylation sites is 1. The van der Waals surface area contributed by atoms with Crippen molar-refractivity contribution in [3.8, 4) is 23.0 Å². The van der Waals surface area contributed by atoms with Crippen molar-refractivity contribution in [2.24, 2.45) is 0 Å². The zero-order valence-electron chi connectivity index (χ0n) is 16.3. The molecule has 7 heteroatoms. The Morgan fingerprint density at radius 2 is 2.00 bits per heavy atom. The number of benzene rings is 2. The first kappa shape index (κ1) is 20.1. The summed E-state index contributed by atoms with van der Waals surface area (Å²) in [6, 6.07) is 8.97. The van der Waals surface area contributed by atoms with Crippen molar-refractivity contribution in [2.75, 3.05) is 33.5 Å². The van der Waals surface area contributed by atoms with E-state index >= 15 is 0 Å². The number of halogens is 1. The van der Waals surface area contributed by atoms with Crippen molar-refractivity contribution in [1.29, 1.82) is 0 Å². The minimum atomic E-state index is -0.153. The van der Waals surface area contributed by atoms with Gasteiger partial charge in [0.25, 0.3) is 5.91 Å². The first-order valence-electron chi connectivity index (χ1n) is 9.26. The normalized spacial score (nSPS) is 12.4. The standard InChI is InChI=1S/C21H24ClNO5/c1-4-23(13-14-7-6-8-17-19(14)28-10-9-27-17)21(24)15-11-16(22)20(26-5-2)18(12-15)25-3/h6-8,11-12H,4-5,9-10,13H2,1-3H3. The van der Waals surface area contributed by atoms with Crippen LogP contribution >= 0.6 is 11.6 Å². The Kier molecular flexibility index (Phi) is 6.52. The lowest BCUT2D eigenvalue weighted by Crippen LogP contribution is -2.31. The molecule has 0 bridgehead atoms. The summed E-state index contributed by atoms with van der Waals surface area (Å²) in [4.78, 5) is 14.9. The number of amides is 1. The molecule has 0 saturated carbocycles. The van der Waals surface area contributed by atoms with Crippen LogP contribution in [0, 0.1) is 0 Å². The van der Waals surface area contributed by atoms with Crippen LogP contribution in [0.1, 0.15) is 29.8 Å². The van der Waals surface area contributed by atoms with Crippen LogP contribution in [0.25, 0.3) is 0 Å². The third-order valence-electron chi connectivity index (χ3n) is 4.44. The molecule has 0 saturated heterocycles. The molecule has 28 heavy (non-hydrogen) atoms. The van der Waals surface area contributed by atoms with Crippen LogP contribution in [-0.4, -0.2) is 44.3 Å². The maximum Gasteiger partial charge on any atom is 0.254 e. The molecule has 3 rings (SSSR count). The second-order valence-electron chi connectivity index (χ2n) is 6.18. The molecule has 1 heterocycles. The lowest BCUT2D eigenvalue weighted by atomic mass is 10.1. The second-order valence-corrected chi connectivity index (χ2v) is 6.59. The van der Waals surface area contributed by atoms with Gasteiger partial charge >= 0.3 is 0 Å². The SMILES string of the molecule is CCOc1c(Cl)cc(C(=O)N(CC)Cc2cccc3c2OCCO3)cc1OC. The van der Waals surface area contributed by atoms with Crippen LogP contribution in [0.4, 0.5) is 0 Å². The number of nitrogens with zero attached hydrogens (tertiary/aromatic N) is 1. The number of carbonyl (C=O) groups is 1. The van der Waals surface area contributed by atoms with Crippen LogP contribution in [0.5, 0.6) is 23.0 Å². The van der Waals surface area contributed by atoms with Crippen LogP contribution in [-0.2, 0) is 6.54 Å². The molecule has 0 fully saturated rings. The maximum absolute atomic E-state index is 13.1. The Bertz CT molecular complexity index is 855. The van der Waals surface area contributed by atoms with E-state index in [1.165, 1.54) is 7.11 Å². The fourth-order valence-corrected chi connectivity index (χ4v) is 3.37. The van der Waals surface area contributed by atoms with Crippen molar-refractivity contribution in [3.63, 3.8) is 0 Å². The monoisotopic (exact) mass is 405 g/mol. The molecule has 6 nitrogen and oxygen atoms in total. The summed E-state index contributed by atoms with van der Waals surface area (Å²) in [5.74, 6) is 2.12. The summed E-state index contributed by atoms with van der Waals surface area (Å²) in [6.45, 7) is 6.18. The van der Waals surface area contributed by atoms with Crippen LogP contribution in [0.2, 0.25) is 5.02 Å². The number of ether oxygens (including phenoxy) is 4. The van der Waals surface area contributed by atoms with Crippen LogP contribution < -0.4 is 18.9 Å². The zero-order chi connectivity index (χ0) is 20.1.